The molecule has 3 atom stereocenters. The van der Waals surface area contributed by atoms with Gasteiger partial charge in [0, 0.05) is 12.8 Å². The highest BCUT2D eigenvalue weighted by atomic mass is 16.4. The number of ketones is 1. The van der Waals surface area contributed by atoms with Gasteiger partial charge >= 0.3 is 5.97 Å². The zero-order chi connectivity index (χ0) is 17.8. The Kier molecular flexibility index (Phi) is 10.3. The number of hydrogen-bond donors (Lipinski definition) is 2. The maximum absolute atomic E-state index is 11.9. The standard InChI is InChI=1S/C20H32O4/c1-2-3-4-6-9-17(21)14-12-16-13-15-19(22)18(16)10-7-5-8-11-20(23)24/h5,7,12,14,16,18-19,22H,2-4,6,8-11,13,15H2,1H3,(H,23,24). The summed E-state index contributed by atoms with van der Waals surface area (Å²) in [6.07, 6.45) is 15.3. The Bertz CT molecular complexity index is 439. The number of aliphatic carboxylic acids is 1. The molecule has 0 aromatic heterocycles. The highest BCUT2D eigenvalue weighted by Gasteiger charge is 2.32. The number of carbonyl (C=O) groups excluding carboxylic acids is 1. The minimum atomic E-state index is -0.793. The summed E-state index contributed by atoms with van der Waals surface area (Å²) in [4.78, 5) is 22.4. The van der Waals surface area contributed by atoms with Crippen molar-refractivity contribution in [3.63, 3.8) is 0 Å². The van der Waals surface area contributed by atoms with Gasteiger partial charge in [0.25, 0.3) is 0 Å². The number of aliphatic hydroxyl groups is 1. The zero-order valence-electron chi connectivity index (χ0n) is 14.8. The summed E-state index contributed by atoms with van der Waals surface area (Å²) in [6, 6.07) is 0. The van der Waals surface area contributed by atoms with Gasteiger partial charge < -0.3 is 10.2 Å². The van der Waals surface area contributed by atoms with E-state index in [2.05, 4.69) is 6.92 Å². The van der Waals surface area contributed by atoms with E-state index in [1.807, 2.05) is 18.2 Å². The zero-order valence-corrected chi connectivity index (χ0v) is 14.8. The average molecular weight is 336 g/mol. The summed E-state index contributed by atoms with van der Waals surface area (Å²) in [7, 11) is 0. The first-order valence-electron chi connectivity index (χ1n) is 9.30. The van der Waals surface area contributed by atoms with Crippen molar-refractivity contribution in [2.24, 2.45) is 11.8 Å². The molecule has 1 aliphatic rings. The Labute approximate surface area is 145 Å². The van der Waals surface area contributed by atoms with Crippen LogP contribution < -0.4 is 0 Å². The first-order chi connectivity index (χ1) is 11.5. The summed E-state index contributed by atoms with van der Waals surface area (Å²) in [6.45, 7) is 2.16. The second-order valence-electron chi connectivity index (χ2n) is 6.75. The van der Waals surface area contributed by atoms with Gasteiger partial charge in [-0.05, 0) is 50.0 Å². The third kappa shape index (κ3) is 8.44. The van der Waals surface area contributed by atoms with E-state index in [1.54, 1.807) is 6.08 Å². The van der Waals surface area contributed by atoms with Crippen molar-refractivity contribution in [1.29, 1.82) is 0 Å². The van der Waals surface area contributed by atoms with Gasteiger partial charge in [0.15, 0.2) is 5.78 Å². The number of carboxylic acids is 1. The normalized spacial score (nSPS) is 24.2. The molecule has 3 unspecified atom stereocenters. The third-order valence-corrected chi connectivity index (χ3v) is 4.75. The fourth-order valence-electron chi connectivity index (χ4n) is 3.27. The molecule has 136 valence electrons. The topological polar surface area (TPSA) is 74.6 Å². The van der Waals surface area contributed by atoms with Crippen LogP contribution in [-0.2, 0) is 9.59 Å². The summed E-state index contributed by atoms with van der Waals surface area (Å²) in [5.41, 5.74) is 0. The molecule has 0 aromatic carbocycles. The van der Waals surface area contributed by atoms with E-state index in [-0.39, 0.29) is 30.1 Å². The number of carboxylic acid groups (broad SMARTS) is 1. The summed E-state index contributed by atoms with van der Waals surface area (Å²) in [5, 5.41) is 18.7. The largest absolute Gasteiger partial charge is 0.481 e. The lowest BCUT2D eigenvalue weighted by atomic mass is 9.90. The van der Waals surface area contributed by atoms with E-state index >= 15 is 0 Å². The number of unbranched alkanes of at least 4 members (excludes halogenated alkanes) is 3. The fourth-order valence-corrected chi connectivity index (χ4v) is 3.27. The molecule has 1 rings (SSSR count). The van der Waals surface area contributed by atoms with Gasteiger partial charge in [-0.25, -0.2) is 0 Å². The maximum Gasteiger partial charge on any atom is 0.303 e. The molecule has 0 heterocycles. The molecular formula is C20H32O4. The molecule has 0 amide bonds. The molecule has 0 bridgehead atoms. The van der Waals surface area contributed by atoms with Crippen molar-refractivity contribution in [3.05, 3.63) is 24.3 Å². The number of hydrogen-bond acceptors (Lipinski definition) is 3. The van der Waals surface area contributed by atoms with E-state index in [9.17, 15) is 14.7 Å². The monoisotopic (exact) mass is 336 g/mol. The Hall–Kier alpha value is -1.42. The lowest BCUT2D eigenvalue weighted by Gasteiger charge is -2.17. The summed E-state index contributed by atoms with van der Waals surface area (Å²) < 4.78 is 0. The maximum atomic E-state index is 11.9. The van der Waals surface area contributed by atoms with Crippen molar-refractivity contribution in [2.75, 3.05) is 0 Å². The third-order valence-electron chi connectivity index (χ3n) is 4.75. The van der Waals surface area contributed by atoms with E-state index in [1.165, 1.54) is 12.8 Å². The molecule has 4 heteroatoms. The van der Waals surface area contributed by atoms with E-state index < -0.39 is 5.97 Å². The van der Waals surface area contributed by atoms with Gasteiger partial charge in [0.1, 0.15) is 0 Å². The van der Waals surface area contributed by atoms with Gasteiger partial charge in [0.05, 0.1) is 6.10 Å². The predicted octanol–water partition coefficient (Wildman–Crippen LogP) is 4.28. The van der Waals surface area contributed by atoms with E-state index in [0.29, 0.717) is 12.8 Å². The highest BCUT2D eigenvalue weighted by Crippen LogP contribution is 2.35. The van der Waals surface area contributed by atoms with E-state index in [4.69, 9.17) is 5.11 Å². The molecule has 1 aliphatic carbocycles. The molecule has 0 aromatic rings. The molecule has 1 fully saturated rings. The Morgan fingerprint density at radius 1 is 1.08 bits per heavy atom. The molecule has 0 spiro atoms. The summed E-state index contributed by atoms with van der Waals surface area (Å²) >= 11 is 0. The van der Waals surface area contributed by atoms with Crippen LogP contribution in [-0.4, -0.2) is 28.1 Å². The van der Waals surface area contributed by atoms with E-state index in [0.717, 1.165) is 32.1 Å². The van der Waals surface area contributed by atoms with Gasteiger partial charge in [-0.3, -0.25) is 9.59 Å². The molecule has 0 aliphatic heterocycles. The Morgan fingerprint density at radius 3 is 2.58 bits per heavy atom. The van der Waals surface area contributed by atoms with Gasteiger partial charge in [0.2, 0.25) is 0 Å². The van der Waals surface area contributed by atoms with Crippen molar-refractivity contribution in [3.8, 4) is 0 Å². The smallest absolute Gasteiger partial charge is 0.303 e. The number of carbonyl (C=O) groups is 2. The second kappa shape index (κ2) is 12.0. The highest BCUT2D eigenvalue weighted by molar-refractivity contribution is 5.89. The number of allylic oxidation sites excluding steroid dienone is 4. The van der Waals surface area contributed by atoms with Crippen LogP contribution in [0, 0.1) is 11.8 Å². The SMILES string of the molecule is CCCCCCC(=O)C=CC1CCC(O)C1CC=CCCC(=O)O. The predicted molar refractivity (Wildman–Crippen MR) is 95.8 cm³/mol. The Balaban J connectivity index is 2.37. The van der Waals surface area contributed by atoms with Gasteiger partial charge in [-0.2, -0.15) is 0 Å². The Morgan fingerprint density at radius 2 is 1.88 bits per heavy atom. The minimum Gasteiger partial charge on any atom is -0.481 e. The molecule has 24 heavy (non-hydrogen) atoms. The minimum absolute atomic E-state index is 0.134. The van der Waals surface area contributed by atoms with Gasteiger partial charge in [-0.1, -0.05) is 44.4 Å². The van der Waals surface area contributed by atoms with Crippen LogP contribution in [0.5, 0.6) is 0 Å². The molecule has 0 saturated heterocycles. The first-order valence-corrected chi connectivity index (χ1v) is 9.30. The quantitative estimate of drug-likeness (QED) is 0.317. The molecular weight excluding hydrogens is 304 g/mol. The number of rotatable bonds is 12. The molecule has 0 radical (unpaired) electrons. The molecule has 4 nitrogen and oxygen atoms in total. The fraction of sp³-hybridized carbons (Fsp3) is 0.700. The van der Waals surface area contributed by atoms with Crippen LogP contribution in [0.3, 0.4) is 0 Å². The summed E-state index contributed by atoms with van der Waals surface area (Å²) in [5.74, 6) is -0.235. The lowest BCUT2D eigenvalue weighted by Crippen LogP contribution is -2.17. The van der Waals surface area contributed by atoms with Crippen molar-refractivity contribution in [1.82, 2.24) is 0 Å². The average Bonchev–Trinajstić information content (AvgIpc) is 2.89. The first kappa shape index (κ1) is 20.6. The van der Waals surface area contributed by atoms with Crippen LogP contribution in [0.25, 0.3) is 0 Å². The van der Waals surface area contributed by atoms with Crippen LogP contribution in [0.15, 0.2) is 24.3 Å². The van der Waals surface area contributed by atoms with Crippen LogP contribution in [0.4, 0.5) is 0 Å². The molecule has 2 N–H and O–H groups in total. The van der Waals surface area contributed by atoms with Crippen molar-refractivity contribution < 1.29 is 19.8 Å². The van der Waals surface area contributed by atoms with Crippen LogP contribution in [0.2, 0.25) is 0 Å². The number of aliphatic hydroxyl groups excluding tert-OH is 1. The lowest BCUT2D eigenvalue weighted by molar-refractivity contribution is -0.136. The molecule has 1 saturated carbocycles. The van der Waals surface area contributed by atoms with Gasteiger partial charge in [-0.15, -0.1) is 0 Å². The van der Waals surface area contributed by atoms with Crippen molar-refractivity contribution in [2.45, 2.75) is 77.2 Å². The second-order valence-corrected chi connectivity index (χ2v) is 6.75. The van der Waals surface area contributed by atoms with Crippen LogP contribution in [0.1, 0.15) is 71.1 Å². The van der Waals surface area contributed by atoms with Crippen LogP contribution >= 0.6 is 0 Å². The van der Waals surface area contributed by atoms with Crippen molar-refractivity contribution >= 4 is 11.8 Å².